The van der Waals surface area contributed by atoms with Crippen molar-refractivity contribution in [1.82, 2.24) is 9.97 Å². The Morgan fingerprint density at radius 2 is 2.04 bits per heavy atom. The fourth-order valence-electron chi connectivity index (χ4n) is 2.93. The van der Waals surface area contributed by atoms with Gasteiger partial charge in [0.15, 0.2) is 0 Å². The molecule has 0 unspecified atom stereocenters. The van der Waals surface area contributed by atoms with E-state index in [1.807, 2.05) is 13.8 Å². The van der Waals surface area contributed by atoms with Gasteiger partial charge in [-0.25, -0.2) is 14.8 Å². The maximum Gasteiger partial charge on any atom is 0.348 e. The SMILES string of the molecule is COC(=O)c1sc2nc(C)nc(NCC3(OC)CCC3)c2c1C. The van der Waals surface area contributed by atoms with Gasteiger partial charge in [-0.3, -0.25) is 0 Å². The van der Waals surface area contributed by atoms with Gasteiger partial charge in [0.2, 0.25) is 0 Å². The highest BCUT2D eigenvalue weighted by atomic mass is 32.1. The molecule has 0 amide bonds. The third kappa shape index (κ3) is 2.79. The summed E-state index contributed by atoms with van der Waals surface area (Å²) in [6.07, 6.45) is 3.30. The minimum absolute atomic E-state index is 0.0969. The summed E-state index contributed by atoms with van der Waals surface area (Å²) in [6.45, 7) is 4.47. The molecule has 0 saturated heterocycles. The lowest BCUT2D eigenvalue weighted by Gasteiger charge is -2.40. The number of carbonyl (C=O) groups excluding carboxylic acids is 1. The summed E-state index contributed by atoms with van der Waals surface area (Å²) in [7, 11) is 3.15. The first-order valence-electron chi connectivity index (χ1n) is 7.65. The van der Waals surface area contributed by atoms with E-state index in [4.69, 9.17) is 9.47 Å². The Balaban J connectivity index is 1.98. The van der Waals surface area contributed by atoms with Crippen molar-refractivity contribution >= 4 is 33.3 Å². The Labute approximate surface area is 139 Å². The van der Waals surface area contributed by atoms with Crippen LogP contribution in [0, 0.1) is 13.8 Å². The molecule has 1 aliphatic rings. The fraction of sp³-hybridized carbons (Fsp3) is 0.562. The first-order valence-corrected chi connectivity index (χ1v) is 8.46. The van der Waals surface area contributed by atoms with Gasteiger partial charge in [-0.15, -0.1) is 11.3 Å². The maximum absolute atomic E-state index is 11.9. The van der Waals surface area contributed by atoms with Crippen LogP contribution in [0.15, 0.2) is 0 Å². The number of anilines is 1. The summed E-state index contributed by atoms with van der Waals surface area (Å²) in [5.74, 6) is 1.11. The van der Waals surface area contributed by atoms with Gasteiger partial charge in [0.25, 0.3) is 0 Å². The summed E-state index contributed by atoms with van der Waals surface area (Å²) in [6, 6.07) is 0. The van der Waals surface area contributed by atoms with E-state index < -0.39 is 0 Å². The molecular formula is C16H21N3O3S. The van der Waals surface area contributed by atoms with Gasteiger partial charge < -0.3 is 14.8 Å². The second-order valence-electron chi connectivity index (χ2n) is 5.94. The number of aryl methyl sites for hydroxylation is 2. The number of rotatable bonds is 5. The van der Waals surface area contributed by atoms with Crippen LogP contribution in [-0.4, -0.2) is 42.3 Å². The van der Waals surface area contributed by atoms with Crippen molar-refractivity contribution in [3.8, 4) is 0 Å². The largest absolute Gasteiger partial charge is 0.465 e. The number of aromatic nitrogens is 2. The van der Waals surface area contributed by atoms with Crippen molar-refractivity contribution in [2.24, 2.45) is 0 Å². The highest BCUT2D eigenvalue weighted by molar-refractivity contribution is 7.20. The second kappa shape index (κ2) is 6.05. The van der Waals surface area contributed by atoms with E-state index in [9.17, 15) is 4.79 Å². The predicted molar refractivity (Wildman–Crippen MR) is 90.3 cm³/mol. The molecule has 2 heterocycles. The first kappa shape index (κ1) is 16.1. The molecule has 1 N–H and O–H groups in total. The van der Waals surface area contributed by atoms with Crippen molar-refractivity contribution in [3.05, 3.63) is 16.3 Å². The van der Waals surface area contributed by atoms with E-state index in [1.165, 1.54) is 24.9 Å². The van der Waals surface area contributed by atoms with E-state index in [0.717, 1.165) is 34.4 Å². The lowest BCUT2D eigenvalue weighted by atomic mass is 9.80. The highest BCUT2D eigenvalue weighted by Crippen LogP contribution is 2.37. The monoisotopic (exact) mass is 335 g/mol. The highest BCUT2D eigenvalue weighted by Gasteiger charge is 2.37. The second-order valence-corrected chi connectivity index (χ2v) is 6.94. The Kier molecular flexibility index (Phi) is 4.25. The van der Waals surface area contributed by atoms with Gasteiger partial charge in [-0.1, -0.05) is 0 Å². The minimum atomic E-state index is -0.332. The third-order valence-corrected chi connectivity index (χ3v) is 5.71. The van der Waals surface area contributed by atoms with Gasteiger partial charge >= 0.3 is 5.97 Å². The molecule has 0 aromatic carbocycles. The Morgan fingerprint density at radius 1 is 1.30 bits per heavy atom. The molecule has 0 aliphatic heterocycles. The van der Waals surface area contributed by atoms with Gasteiger partial charge in [-0.05, 0) is 38.7 Å². The van der Waals surface area contributed by atoms with E-state index >= 15 is 0 Å². The molecular weight excluding hydrogens is 314 g/mol. The molecule has 7 heteroatoms. The molecule has 2 aromatic rings. The average Bonchev–Trinajstić information content (AvgIpc) is 2.82. The molecule has 0 bridgehead atoms. The van der Waals surface area contributed by atoms with Crippen molar-refractivity contribution in [1.29, 1.82) is 0 Å². The molecule has 0 radical (unpaired) electrons. The molecule has 1 fully saturated rings. The third-order valence-electron chi connectivity index (χ3n) is 4.55. The van der Waals surface area contributed by atoms with Crippen LogP contribution in [0.2, 0.25) is 0 Å². The summed E-state index contributed by atoms with van der Waals surface area (Å²) in [5.41, 5.74) is 0.764. The molecule has 6 nitrogen and oxygen atoms in total. The van der Waals surface area contributed by atoms with E-state index in [2.05, 4.69) is 15.3 Å². The predicted octanol–water partition coefficient (Wildman–Crippen LogP) is 3.08. The molecule has 124 valence electrons. The zero-order valence-corrected chi connectivity index (χ0v) is 14.7. The minimum Gasteiger partial charge on any atom is -0.465 e. The standard InChI is InChI=1S/C16H21N3O3S/c1-9-11-13(17-8-16(22-4)6-5-7-16)18-10(2)19-14(11)23-12(9)15(20)21-3/h5-8H2,1-4H3,(H,17,18,19). The number of nitrogens with zero attached hydrogens (tertiary/aromatic N) is 2. The van der Waals surface area contributed by atoms with Crippen molar-refractivity contribution in [2.45, 2.75) is 38.7 Å². The molecule has 0 spiro atoms. The van der Waals surface area contributed by atoms with Crippen LogP contribution in [0.25, 0.3) is 10.2 Å². The molecule has 1 aliphatic carbocycles. The average molecular weight is 335 g/mol. The number of hydrogen-bond acceptors (Lipinski definition) is 7. The topological polar surface area (TPSA) is 73.3 Å². The Morgan fingerprint density at radius 3 is 2.61 bits per heavy atom. The van der Waals surface area contributed by atoms with Gasteiger partial charge in [0.1, 0.15) is 21.3 Å². The van der Waals surface area contributed by atoms with E-state index in [0.29, 0.717) is 17.2 Å². The zero-order valence-electron chi connectivity index (χ0n) is 13.9. The van der Waals surface area contributed by atoms with E-state index in [1.54, 1.807) is 7.11 Å². The van der Waals surface area contributed by atoms with E-state index in [-0.39, 0.29) is 11.6 Å². The van der Waals surface area contributed by atoms with Gasteiger partial charge in [0, 0.05) is 13.7 Å². The number of thiophene rings is 1. The number of ether oxygens (including phenoxy) is 2. The molecule has 3 rings (SSSR count). The summed E-state index contributed by atoms with van der Waals surface area (Å²) in [4.78, 5) is 22.3. The Bertz CT molecular complexity index is 747. The summed E-state index contributed by atoms with van der Waals surface area (Å²) >= 11 is 1.35. The zero-order chi connectivity index (χ0) is 16.6. The number of esters is 1. The normalized spacial score (nSPS) is 16.2. The molecule has 2 aromatic heterocycles. The molecule has 23 heavy (non-hydrogen) atoms. The number of nitrogens with one attached hydrogen (secondary N) is 1. The van der Waals surface area contributed by atoms with Crippen LogP contribution in [0.1, 0.15) is 40.3 Å². The van der Waals surface area contributed by atoms with Crippen molar-refractivity contribution in [3.63, 3.8) is 0 Å². The van der Waals surface area contributed by atoms with Gasteiger partial charge in [0.05, 0.1) is 18.1 Å². The quantitative estimate of drug-likeness (QED) is 0.847. The van der Waals surface area contributed by atoms with Crippen LogP contribution >= 0.6 is 11.3 Å². The Hall–Kier alpha value is -1.73. The number of carbonyl (C=O) groups is 1. The first-order chi connectivity index (χ1) is 11.0. The number of fused-ring (bicyclic) bond motifs is 1. The van der Waals surface area contributed by atoms with Gasteiger partial charge in [-0.2, -0.15) is 0 Å². The van der Waals surface area contributed by atoms with Crippen molar-refractivity contribution in [2.75, 3.05) is 26.1 Å². The van der Waals surface area contributed by atoms with Crippen LogP contribution in [-0.2, 0) is 9.47 Å². The fourth-order valence-corrected chi connectivity index (χ4v) is 4.07. The molecule has 0 atom stereocenters. The lowest BCUT2D eigenvalue weighted by Crippen LogP contribution is -2.45. The summed E-state index contributed by atoms with van der Waals surface area (Å²) < 4.78 is 10.5. The number of hydrogen-bond donors (Lipinski definition) is 1. The van der Waals surface area contributed by atoms with Crippen LogP contribution in [0.5, 0.6) is 0 Å². The van der Waals surface area contributed by atoms with Crippen molar-refractivity contribution < 1.29 is 14.3 Å². The smallest absolute Gasteiger partial charge is 0.348 e. The molecule has 1 saturated carbocycles. The lowest BCUT2D eigenvalue weighted by molar-refractivity contribution is -0.0601. The van der Waals surface area contributed by atoms with Crippen LogP contribution in [0.3, 0.4) is 0 Å². The maximum atomic E-state index is 11.9. The van der Waals surface area contributed by atoms with Crippen LogP contribution < -0.4 is 5.32 Å². The van der Waals surface area contributed by atoms with Crippen LogP contribution in [0.4, 0.5) is 5.82 Å². The number of methoxy groups -OCH3 is 2. The summed E-state index contributed by atoms with van der Waals surface area (Å²) in [5, 5.41) is 4.31.